The minimum atomic E-state index is -0.298. The first-order valence-electron chi connectivity index (χ1n) is 7.73. The second-order valence-electron chi connectivity index (χ2n) is 6.04. The number of nitrogens with one attached hydrogen (secondary N) is 1. The zero-order valence-electron chi connectivity index (χ0n) is 13.8. The molecule has 1 saturated heterocycles. The minimum Gasteiger partial charge on any atom is -0.367 e. The maximum atomic E-state index is 12.7. The van der Waals surface area contributed by atoms with Crippen molar-refractivity contribution in [2.24, 2.45) is 0 Å². The second-order valence-corrected chi connectivity index (χ2v) is 6.04. The van der Waals surface area contributed by atoms with Crippen molar-refractivity contribution < 1.29 is 14.1 Å². The Morgan fingerprint density at radius 1 is 1.39 bits per heavy atom. The predicted molar refractivity (Wildman–Crippen MR) is 81.0 cm³/mol. The molecule has 1 fully saturated rings. The number of hydrogen-bond acceptors (Lipinski definition) is 6. The van der Waals surface area contributed by atoms with E-state index in [2.05, 4.69) is 20.3 Å². The molecule has 1 aliphatic heterocycles. The molecule has 8 heteroatoms. The molecular weight excluding hydrogens is 298 g/mol. The van der Waals surface area contributed by atoms with Crippen molar-refractivity contribution in [3.63, 3.8) is 0 Å². The first-order valence-corrected chi connectivity index (χ1v) is 7.73. The quantitative estimate of drug-likeness (QED) is 0.925. The molecule has 124 valence electrons. The van der Waals surface area contributed by atoms with Gasteiger partial charge in [-0.2, -0.15) is 5.10 Å². The number of hydrogen-bond donors (Lipinski definition) is 1. The summed E-state index contributed by atoms with van der Waals surface area (Å²) in [6.07, 6.45) is -0.298. The Hall–Kier alpha value is -2.22. The smallest absolute Gasteiger partial charge is 0.259 e. The average Bonchev–Trinajstić information content (AvgIpc) is 3.14. The van der Waals surface area contributed by atoms with Crippen molar-refractivity contribution in [1.82, 2.24) is 25.2 Å². The number of aryl methyl sites for hydroxylation is 2. The summed E-state index contributed by atoms with van der Waals surface area (Å²) in [5, 5.41) is 11.0. The van der Waals surface area contributed by atoms with Crippen molar-refractivity contribution in [1.29, 1.82) is 0 Å². The van der Waals surface area contributed by atoms with Gasteiger partial charge in [-0.05, 0) is 13.8 Å². The molecule has 0 aliphatic carbocycles. The van der Waals surface area contributed by atoms with Crippen molar-refractivity contribution in [3.8, 4) is 0 Å². The molecule has 0 aromatic carbocycles. The summed E-state index contributed by atoms with van der Waals surface area (Å²) < 4.78 is 10.8. The normalized spacial score (nSPS) is 18.7. The number of aromatic amines is 1. The van der Waals surface area contributed by atoms with E-state index in [0.717, 1.165) is 5.82 Å². The number of carbonyl (C=O) groups is 1. The van der Waals surface area contributed by atoms with Crippen LogP contribution in [0.1, 0.15) is 59.3 Å². The molecule has 0 bridgehead atoms. The molecule has 1 atom stereocenters. The predicted octanol–water partition coefficient (Wildman–Crippen LogP) is 1.75. The van der Waals surface area contributed by atoms with E-state index in [4.69, 9.17) is 9.26 Å². The van der Waals surface area contributed by atoms with Crippen molar-refractivity contribution in [2.45, 2.75) is 39.7 Å². The van der Waals surface area contributed by atoms with E-state index in [1.54, 1.807) is 18.7 Å². The molecule has 2 aromatic heterocycles. The standard InChI is InChI=1S/C15H21N5O3/c1-8(2)13-16-14(18-17-13)11-7-20(5-6-22-11)15(21)12-9(3)19-23-10(12)4/h8,11H,5-7H2,1-4H3,(H,16,17,18)/t11-/m0/s1. The lowest BCUT2D eigenvalue weighted by atomic mass is 10.1. The highest BCUT2D eigenvalue weighted by Gasteiger charge is 2.31. The van der Waals surface area contributed by atoms with E-state index in [1.165, 1.54) is 0 Å². The van der Waals surface area contributed by atoms with E-state index in [9.17, 15) is 4.79 Å². The van der Waals surface area contributed by atoms with Crippen LogP contribution in [0.15, 0.2) is 4.52 Å². The maximum absolute atomic E-state index is 12.7. The van der Waals surface area contributed by atoms with Gasteiger partial charge in [0.15, 0.2) is 11.6 Å². The van der Waals surface area contributed by atoms with Gasteiger partial charge in [0.1, 0.15) is 17.4 Å². The van der Waals surface area contributed by atoms with Crippen LogP contribution in [-0.2, 0) is 4.74 Å². The Kier molecular flexibility index (Phi) is 4.16. The molecule has 3 rings (SSSR count). The van der Waals surface area contributed by atoms with E-state index in [0.29, 0.717) is 42.5 Å². The summed E-state index contributed by atoms with van der Waals surface area (Å²) in [4.78, 5) is 18.9. The number of rotatable bonds is 3. The van der Waals surface area contributed by atoms with Crippen LogP contribution >= 0.6 is 0 Å². The number of aromatic nitrogens is 4. The Morgan fingerprint density at radius 3 is 2.78 bits per heavy atom. The molecule has 3 heterocycles. The molecule has 0 unspecified atom stereocenters. The zero-order chi connectivity index (χ0) is 16.6. The summed E-state index contributed by atoms with van der Waals surface area (Å²) >= 11 is 0. The van der Waals surface area contributed by atoms with Gasteiger partial charge in [-0.15, -0.1) is 0 Å². The highest BCUT2D eigenvalue weighted by molar-refractivity contribution is 5.96. The van der Waals surface area contributed by atoms with Crippen LogP contribution in [0.4, 0.5) is 0 Å². The summed E-state index contributed by atoms with van der Waals surface area (Å²) in [6, 6.07) is 0. The Labute approximate surface area is 134 Å². The summed E-state index contributed by atoms with van der Waals surface area (Å²) in [7, 11) is 0. The van der Waals surface area contributed by atoms with Crippen molar-refractivity contribution >= 4 is 5.91 Å². The highest BCUT2D eigenvalue weighted by atomic mass is 16.5. The van der Waals surface area contributed by atoms with Crippen LogP contribution in [0.3, 0.4) is 0 Å². The number of carbonyl (C=O) groups excluding carboxylic acids is 1. The number of H-pyrrole nitrogens is 1. The van der Waals surface area contributed by atoms with Gasteiger partial charge in [0.2, 0.25) is 0 Å². The Balaban J connectivity index is 1.76. The third-order valence-corrected chi connectivity index (χ3v) is 3.94. The number of amides is 1. The molecule has 0 saturated carbocycles. The number of ether oxygens (including phenoxy) is 1. The topological polar surface area (TPSA) is 97.1 Å². The zero-order valence-corrected chi connectivity index (χ0v) is 13.8. The van der Waals surface area contributed by atoms with E-state index >= 15 is 0 Å². The van der Waals surface area contributed by atoms with Gasteiger partial charge < -0.3 is 14.2 Å². The van der Waals surface area contributed by atoms with Gasteiger partial charge in [0.05, 0.1) is 18.8 Å². The Morgan fingerprint density at radius 2 is 2.17 bits per heavy atom. The van der Waals surface area contributed by atoms with Gasteiger partial charge in [0, 0.05) is 12.5 Å². The van der Waals surface area contributed by atoms with Gasteiger partial charge in [-0.1, -0.05) is 19.0 Å². The first kappa shape index (κ1) is 15.7. The summed E-state index contributed by atoms with van der Waals surface area (Å²) in [6.45, 7) is 8.99. The third kappa shape index (κ3) is 2.98. The largest absolute Gasteiger partial charge is 0.367 e. The molecule has 1 amide bonds. The molecule has 8 nitrogen and oxygen atoms in total. The van der Waals surface area contributed by atoms with Gasteiger partial charge in [-0.25, -0.2) is 4.98 Å². The van der Waals surface area contributed by atoms with Crippen LogP contribution in [0.2, 0.25) is 0 Å². The molecule has 0 radical (unpaired) electrons. The van der Waals surface area contributed by atoms with Crippen LogP contribution in [0, 0.1) is 13.8 Å². The number of nitrogens with zero attached hydrogens (tertiary/aromatic N) is 4. The average molecular weight is 319 g/mol. The lowest BCUT2D eigenvalue weighted by Crippen LogP contribution is -2.42. The van der Waals surface area contributed by atoms with Gasteiger partial charge in [0.25, 0.3) is 5.91 Å². The molecule has 1 aliphatic rings. The maximum Gasteiger partial charge on any atom is 0.259 e. The fourth-order valence-electron chi connectivity index (χ4n) is 2.64. The highest BCUT2D eigenvalue weighted by Crippen LogP contribution is 2.23. The van der Waals surface area contributed by atoms with Crippen molar-refractivity contribution in [3.05, 3.63) is 28.7 Å². The second kappa shape index (κ2) is 6.11. The Bertz CT molecular complexity index is 686. The minimum absolute atomic E-state index is 0.0850. The van der Waals surface area contributed by atoms with Crippen LogP contribution in [0.5, 0.6) is 0 Å². The van der Waals surface area contributed by atoms with E-state index in [-0.39, 0.29) is 17.9 Å². The molecule has 2 aromatic rings. The van der Waals surface area contributed by atoms with Crippen molar-refractivity contribution in [2.75, 3.05) is 19.7 Å². The SMILES string of the molecule is Cc1noc(C)c1C(=O)N1CCO[C@H](c2nc(C(C)C)n[nH]2)C1. The molecule has 23 heavy (non-hydrogen) atoms. The first-order chi connectivity index (χ1) is 11.0. The fourth-order valence-corrected chi connectivity index (χ4v) is 2.64. The van der Waals surface area contributed by atoms with E-state index < -0.39 is 0 Å². The number of morpholine rings is 1. The summed E-state index contributed by atoms with van der Waals surface area (Å²) in [5.74, 6) is 2.10. The summed E-state index contributed by atoms with van der Waals surface area (Å²) in [5.41, 5.74) is 1.14. The lowest BCUT2D eigenvalue weighted by Gasteiger charge is -2.31. The van der Waals surface area contributed by atoms with E-state index in [1.807, 2.05) is 13.8 Å². The van der Waals surface area contributed by atoms with Crippen LogP contribution < -0.4 is 0 Å². The van der Waals surface area contributed by atoms with Crippen LogP contribution in [0.25, 0.3) is 0 Å². The van der Waals surface area contributed by atoms with Gasteiger partial charge in [-0.3, -0.25) is 9.89 Å². The monoisotopic (exact) mass is 319 g/mol. The fraction of sp³-hybridized carbons (Fsp3) is 0.600. The van der Waals surface area contributed by atoms with Crippen LogP contribution in [-0.4, -0.2) is 50.8 Å². The van der Waals surface area contributed by atoms with Gasteiger partial charge >= 0.3 is 0 Å². The molecule has 0 spiro atoms. The third-order valence-electron chi connectivity index (χ3n) is 3.94. The lowest BCUT2D eigenvalue weighted by molar-refractivity contribution is -0.0267. The molecular formula is C15H21N5O3. The molecule has 1 N–H and O–H groups in total.